The Morgan fingerprint density at radius 3 is 2.80 bits per heavy atom. The minimum atomic E-state index is -0.0232. The van der Waals surface area contributed by atoms with E-state index in [1.807, 2.05) is 18.0 Å². The lowest BCUT2D eigenvalue weighted by Crippen LogP contribution is -2.28. The topological polar surface area (TPSA) is 49.2 Å². The highest BCUT2D eigenvalue weighted by atomic mass is 32.2. The van der Waals surface area contributed by atoms with Crippen molar-refractivity contribution >= 4 is 17.4 Å². The molecule has 2 rings (SSSR count). The molecule has 1 aromatic heterocycles. The smallest absolute Gasteiger partial charge is 0.131 e. The molecule has 0 aliphatic carbocycles. The Bertz CT molecular complexity index is 462. The summed E-state index contributed by atoms with van der Waals surface area (Å²) in [6.07, 6.45) is 3.02. The summed E-state index contributed by atoms with van der Waals surface area (Å²) < 4.78 is 0.326. The highest BCUT2D eigenvalue weighted by Crippen LogP contribution is 2.33. The van der Waals surface area contributed by atoms with E-state index < -0.39 is 0 Å². The molecule has 4 nitrogen and oxygen atoms in total. The third-order valence-corrected chi connectivity index (χ3v) is 5.08. The average molecular weight is 295 g/mol. The van der Waals surface area contributed by atoms with Crippen molar-refractivity contribution in [1.82, 2.24) is 9.97 Å². The zero-order valence-corrected chi connectivity index (χ0v) is 13.7. The molecule has 0 spiro atoms. The zero-order chi connectivity index (χ0) is 14.8. The molecule has 1 aromatic rings. The predicted octanol–water partition coefficient (Wildman–Crippen LogP) is 2.81. The van der Waals surface area contributed by atoms with Crippen LogP contribution in [0.2, 0.25) is 0 Å². The molecule has 0 saturated carbocycles. The van der Waals surface area contributed by atoms with E-state index in [1.54, 1.807) is 0 Å². The normalized spacial score (nSPS) is 19.2. The third kappa shape index (κ3) is 3.64. The second-order valence-corrected chi connectivity index (χ2v) is 8.02. The van der Waals surface area contributed by atoms with Gasteiger partial charge in [0, 0.05) is 29.5 Å². The summed E-state index contributed by atoms with van der Waals surface area (Å²) in [5, 5.41) is 9.61. The molecule has 112 valence electrons. The van der Waals surface area contributed by atoms with E-state index >= 15 is 0 Å². The van der Waals surface area contributed by atoms with E-state index in [-0.39, 0.29) is 12.5 Å². The van der Waals surface area contributed by atoms with Crippen LogP contribution in [0, 0.1) is 0 Å². The molecule has 0 amide bonds. The van der Waals surface area contributed by atoms with Gasteiger partial charge in [-0.25, -0.2) is 9.97 Å². The fourth-order valence-corrected chi connectivity index (χ4v) is 3.45. The van der Waals surface area contributed by atoms with Crippen LogP contribution in [0.3, 0.4) is 0 Å². The predicted molar refractivity (Wildman–Crippen MR) is 85.4 cm³/mol. The number of aromatic nitrogens is 2. The van der Waals surface area contributed by atoms with Gasteiger partial charge in [0.25, 0.3) is 0 Å². The summed E-state index contributed by atoms with van der Waals surface area (Å²) in [6, 6.07) is 0. The number of hydrogen-bond donors (Lipinski definition) is 1. The van der Waals surface area contributed by atoms with Gasteiger partial charge in [0.05, 0.1) is 24.2 Å². The average Bonchev–Trinajstić information content (AvgIpc) is 2.59. The number of aliphatic hydroxyl groups is 1. The van der Waals surface area contributed by atoms with Crippen LogP contribution in [0.15, 0.2) is 6.20 Å². The fraction of sp³-hybridized carbons (Fsp3) is 0.733. The molecule has 0 radical (unpaired) electrons. The van der Waals surface area contributed by atoms with Crippen molar-refractivity contribution in [2.24, 2.45) is 0 Å². The van der Waals surface area contributed by atoms with Crippen LogP contribution >= 0.6 is 11.8 Å². The number of rotatable bonds is 3. The van der Waals surface area contributed by atoms with Gasteiger partial charge in [-0.1, -0.05) is 27.7 Å². The van der Waals surface area contributed by atoms with Crippen molar-refractivity contribution in [3.05, 3.63) is 17.7 Å². The van der Waals surface area contributed by atoms with Crippen LogP contribution in [0.5, 0.6) is 0 Å². The van der Waals surface area contributed by atoms with Crippen LogP contribution in [0.4, 0.5) is 5.69 Å². The Balaban J connectivity index is 2.23. The van der Waals surface area contributed by atoms with Crippen molar-refractivity contribution < 1.29 is 5.11 Å². The second kappa shape index (κ2) is 6.31. The molecule has 1 aliphatic heterocycles. The first-order valence-electron chi connectivity index (χ1n) is 7.28. The van der Waals surface area contributed by atoms with Crippen molar-refractivity contribution in [3.8, 4) is 0 Å². The molecule has 2 heterocycles. The van der Waals surface area contributed by atoms with Crippen LogP contribution in [0.25, 0.3) is 0 Å². The van der Waals surface area contributed by atoms with Gasteiger partial charge in [0.1, 0.15) is 5.82 Å². The van der Waals surface area contributed by atoms with Gasteiger partial charge in [-0.2, -0.15) is 11.8 Å². The Kier molecular flexibility index (Phi) is 4.91. The molecule has 0 aromatic carbocycles. The lowest BCUT2D eigenvalue weighted by Gasteiger charge is -2.25. The number of anilines is 1. The number of thioether (sulfide) groups is 1. The summed E-state index contributed by atoms with van der Waals surface area (Å²) in [4.78, 5) is 11.3. The van der Waals surface area contributed by atoms with Gasteiger partial charge in [0.15, 0.2) is 0 Å². The third-order valence-electron chi connectivity index (χ3n) is 3.71. The Labute approximate surface area is 126 Å². The molecule has 5 heteroatoms. The molecule has 1 aliphatic rings. The van der Waals surface area contributed by atoms with E-state index in [4.69, 9.17) is 0 Å². The fourth-order valence-electron chi connectivity index (χ4n) is 2.35. The lowest BCUT2D eigenvalue weighted by molar-refractivity contribution is 0.276. The van der Waals surface area contributed by atoms with Gasteiger partial charge in [-0.3, -0.25) is 0 Å². The van der Waals surface area contributed by atoms with Crippen LogP contribution in [-0.2, 0) is 6.61 Å². The highest BCUT2D eigenvalue weighted by Gasteiger charge is 2.25. The van der Waals surface area contributed by atoms with E-state index in [9.17, 15) is 5.11 Å². The van der Waals surface area contributed by atoms with Gasteiger partial charge in [0.2, 0.25) is 0 Å². The first-order chi connectivity index (χ1) is 9.43. The molecular formula is C15H25N3OS. The first-order valence-corrected chi connectivity index (χ1v) is 8.27. The summed E-state index contributed by atoms with van der Waals surface area (Å²) in [7, 11) is 0. The monoisotopic (exact) mass is 295 g/mol. The minimum Gasteiger partial charge on any atom is -0.390 e. The van der Waals surface area contributed by atoms with Crippen molar-refractivity contribution in [2.45, 2.75) is 51.4 Å². The summed E-state index contributed by atoms with van der Waals surface area (Å²) >= 11 is 2.02. The van der Waals surface area contributed by atoms with E-state index in [0.29, 0.717) is 4.75 Å². The maximum absolute atomic E-state index is 9.61. The second-order valence-electron chi connectivity index (χ2n) is 6.22. The highest BCUT2D eigenvalue weighted by molar-refractivity contribution is 8.00. The quantitative estimate of drug-likeness (QED) is 0.929. The van der Waals surface area contributed by atoms with Gasteiger partial charge < -0.3 is 10.0 Å². The van der Waals surface area contributed by atoms with Crippen LogP contribution in [-0.4, -0.2) is 38.7 Å². The van der Waals surface area contributed by atoms with E-state index in [1.165, 1.54) is 0 Å². The summed E-state index contributed by atoms with van der Waals surface area (Å²) in [5.74, 6) is 2.19. The van der Waals surface area contributed by atoms with Gasteiger partial charge >= 0.3 is 0 Å². The van der Waals surface area contributed by atoms with E-state index in [0.717, 1.165) is 42.5 Å². The maximum atomic E-state index is 9.61. The number of aliphatic hydroxyl groups excluding tert-OH is 1. The summed E-state index contributed by atoms with van der Waals surface area (Å²) in [6.45, 7) is 10.7. The number of nitrogens with zero attached hydrogens (tertiary/aromatic N) is 3. The zero-order valence-electron chi connectivity index (χ0n) is 12.9. The first kappa shape index (κ1) is 15.6. The Hall–Kier alpha value is -0.810. The minimum absolute atomic E-state index is 0.0232. The van der Waals surface area contributed by atoms with Gasteiger partial charge in [-0.15, -0.1) is 0 Å². The molecule has 0 unspecified atom stereocenters. The van der Waals surface area contributed by atoms with Gasteiger partial charge in [-0.05, 0) is 6.42 Å². The standard InChI is InChI=1S/C15H25N3OS/c1-11(2)14-16-9-13(12(10-19)17-14)18-6-5-15(3,4)20-8-7-18/h9,11,19H,5-8,10H2,1-4H3. The van der Waals surface area contributed by atoms with Crippen LogP contribution < -0.4 is 4.90 Å². The molecule has 0 atom stereocenters. The van der Waals surface area contributed by atoms with E-state index in [2.05, 4.69) is 42.6 Å². The molecule has 20 heavy (non-hydrogen) atoms. The molecular weight excluding hydrogens is 270 g/mol. The molecule has 1 saturated heterocycles. The SMILES string of the molecule is CC(C)c1ncc(N2CCSC(C)(C)CC2)c(CO)n1. The van der Waals surface area contributed by atoms with Crippen LogP contribution in [0.1, 0.15) is 51.6 Å². The van der Waals surface area contributed by atoms with Crippen molar-refractivity contribution in [1.29, 1.82) is 0 Å². The van der Waals surface area contributed by atoms with Crippen molar-refractivity contribution in [2.75, 3.05) is 23.7 Å². The Morgan fingerprint density at radius 1 is 1.40 bits per heavy atom. The lowest BCUT2D eigenvalue weighted by atomic mass is 10.1. The number of hydrogen-bond acceptors (Lipinski definition) is 5. The van der Waals surface area contributed by atoms with Crippen molar-refractivity contribution in [3.63, 3.8) is 0 Å². The Morgan fingerprint density at radius 2 is 2.15 bits per heavy atom. The molecule has 1 N–H and O–H groups in total. The maximum Gasteiger partial charge on any atom is 0.131 e. The molecule has 0 bridgehead atoms. The summed E-state index contributed by atoms with van der Waals surface area (Å²) in [5.41, 5.74) is 1.75. The largest absolute Gasteiger partial charge is 0.390 e. The molecule has 1 fully saturated rings.